The van der Waals surface area contributed by atoms with Gasteiger partial charge in [-0.15, -0.1) is 12.4 Å². The first kappa shape index (κ1) is 21.0. The van der Waals surface area contributed by atoms with Gasteiger partial charge in [-0.3, -0.25) is 10.1 Å². The van der Waals surface area contributed by atoms with Crippen molar-refractivity contribution in [2.45, 2.75) is 13.5 Å². The topological polar surface area (TPSA) is 76.4 Å². The summed E-state index contributed by atoms with van der Waals surface area (Å²) in [5.41, 5.74) is 1.81. The Morgan fingerprint density at radius 2 is 2.00 bits per heavy atom. The normalized spacial score (nSPS) is 10.0. The van der Waals surface area contributed by atoms with Crippen molar-refractivity contribution in [3.05, 3.63) is 63.2 Å². The number of ether oxygens (including phenoxy) is 1. The molecule has 0 aliphatic rings. The SMILES string of the molecule is CCOc1cccc(CNCCNc2ccc([N+](=O)[O-])cc2Cl)c1.Cl. The van der Waals surface area contributed by atoms with Crippen LogP contribution in [0, 0.1) is 10.1 Å². The Labute approximate surface area is 158 Å². The zero-order valence-electron chi connectivity index (χ0n) is 13.8. The van der Waals surface area contributed by atoms with Gasteiger partial charge in [0.15, 0.2) is 0 Å². The lowest BCUT2D eigenvalue weighted by atomic mass is 10.2. The van der Waals surface area contributed by atoms with Crippen LogP contribution in [0.25, 0.3) is 0 Å². The van der Waals surface area contributed by atoms with Gasteiger partial charge in [-0.1, -0.05) is 23.7 Å². The number of hydrogen-bond acceptors (Lipinski definition) is 5. The van der Waals surface area contributed by atoms with Gasteiger partial charge in [0, 0.05) is 31.8 Å². The second-order valence-corrected chi connectivity index (χ2v) is 5.51. The number of benzene rings is 2. The summed E-state index contributed by atoms with van der Waals surface area (Å²) in [7, 11) is 0. The number of nitro benzene ring substituents is 1. The van der Waals surface area contributed by atoms with Crippen LogP contribution < -0.4 is 15.4 Å². The van der Waals surface area contributed by atoms with E-state index in [0.29, 0.717) is 23.9 Å². The van der Waals surface area contributed by atoms with Crippen molar-refractivity contribution in [3.8, 4) is 5.75 Å². The summed E-state index contributed by atoms with van der Waals surface area (Å²) in [5.74, 6) is 0.868. The Morgan fingerprint density at radius 3 is 2.68 bits per heavy atom. The van der Waals surface area contributed by atoms with Crippen LogP contribution >= 0.6 is 24.0 Å². The smallest absolute Gasteiger partial charge is 0.271 e. The third-order valence-electron chi connectivity index (χ3n) is 3.32. The first-order valence-corrected chi connectivity index (χ1v) is 8.08. The maximum absolute atomic E-state index is 10.7. The number of nitrogens with zero attached hydrogens (tertiary/aromatic N) is 1. The molecular weight excluding hydrogens is 365 g/mol. The van der Waals surface area contributed by atoms with Crippen molar-refractivity contribution in [2.75, 3.05) is 25.0 Å². The standard InChI is InChI=1S/C17H20ClN3O3.ClH/c1-2-24-15-5-3-4-13(10-15)12-19-8-9-20-17-7-6-14(21(22)23)11-16(17)18;/h3-7,10-11,19-20H,2,8-9,12H2,1H3;1H. The second kappa shape index (κ2) is 10.8. The Kier molecular flexibility index (Phi) is 9.05. The van der Waals surface area contributed by atoms with Gasteiger partial charge in [0.2, 0.25) is 0 Å². The molecule has 2 N–H and O–H groups in total. The Balaban J connectivity index is 0.00000312. The number of non-ortho nitro benzene ring substituents is 1. The lowest BCUT2D eigenvalue weighted by Gasteiger charge is -2.10. The molecule has 0 unspecified atom stereocenters. The Hall–Kier alpha value is -2.02. The van der Waals surface area contributed by atoms with E-state index in [1.165, 1.54) is 12.1 Å². The molecule has 0 aromatic heterocycles. The number of nitro groups is 1. The van der Waals surface area contributed by atoms with E-state index in [9.17, 15) is 10.1 Å². The molecule has 136 valence electrons. The van der Waals surface area contributed by atoms with Gasteiger partial charge in [-0.2, -0.15) is 0 Å². The van der Waals surface area contributed by atoms with E-state index >= 15 is 0 Å². The van der Waals surface area contributed by atoms with Crippen LogP contribution in [0.2, 0.25) is 5.02 Å². The molecule has 2 aromatic carbocycles. The molecule has 0 radical (unpaired) electrons. The summed E-state index contributed by atoms with van der Waals surface area (Å²) in [5, 5.41) is 17.5. The van der Waals surface area contributed by atoms with Crippen LogP contribution in [0.4, 0.5) is 11.4 Å². The van der Waals surface area contributed by atoms with Gasteiger partial charge in [0.1, 0.15) is 5.75 Å². The van der Waals surface area contributed by atoms with E-state index < -0.39 is 4.92 Å². The van der Waals surface area contributed by atoms with E-state index in [1.807, 2.05) is 31.2 Å². The summed E-state index contributed by atoms with van der Waals surface area (Å²) in [4.78, 5) is 10.2. The number of nitrogens with one attached hydrogen (secondary N) is 2. The molecule has 0 saturated heterocycles. The fourth-order valence-corrected chi connectivity index (χ4v) is 2.43. The number of halogens is 2. The van der Waals surface area contributed by atoms with Crippen molar-refractivity contribution in [1.82, 2.24) is 5.32 Å². The number of rotatable bonds is 9. The monoisotopic (exact) mass is 385 g/mol. The molecule has 2 rings (SSSR count). The molecule has 0 heterocycles. The zero-order valence-corrected chi connectivity index (χ0v) is 15.4. The first-order valence-electron chi connectivity index (χ1n) is 7.70. The molecule has 0 amide bonds. The van der Waals surface area contributed by atoms with E-state index in [4.69, 9.17) is 16.3 Å². The van der Waals surface area contributed by atoms with Crippen LogP contribution in [0.15, 0.2) is 42.5 Å². The van der Waals surface area contributed by atoms with Crippen LogP contribution in [-0.2, 0) is 6.54 Å². The van der Waals surface area contributed by atoms with E-state index in [-0.39, 0.29) is 18.1 Å². The van der Waals surface area contributed by atoms with Crippen molar-refractivity contribution in [2.24, 2.45) is 0 Å². The summed E-state index contributed by atoms with van der Waals surface area (Å²) >= 11 is 6.03. The van der Waals surface area contributed by atoms with Gasteiger partial charge in [0.25, 0.3) is 5.69 Å². The number of anilines is 1. The fraction of sp³-hybridized carbons (Fsp3) is 0.294. The maximum atomic E-state index is 10.7. The average Bonchev–Trinajstić information content (AvgIpc) is 2.56. The molecule has 25 heavy (non-hydrogen) atoms. The minimum absolute atomic E-state index is 0. The molecule has 0 spiro atoms. The highest BCUT2D eigenvalue weighted by Crippen LogP contribution is 2.26. The third-order valence-corrected chi connectivity index (χ3v) is 3.63. The van der Waals surface area contributed by atoms with Crippen LogP contribution in [0.3, 0.4) is 0 Å². The van der Waals surface area contributed by atoms with Crippen molar-refractivity contribution < 1.29 is 9.66 Å². The third kappa shape index (κ3) is 6.78. The highest BCUT2D eigenvalue weighted by molar-refractivity contribution is 6.33. The molecule has 8 heteroatoms. The van der Waals surface area contributed by atoms with Gasteiger partial charge in [0.05, 0.1) is 22.2 Å². The minimum atomic E-state index is -0.465. The van der Waals surface area contributed by atoms with Gasteiger partial charge in [-0.05, 0) is 30.7 Å². The lowest BCUT2D eigenvalue weighted by Crippen LogP contribution is -2.21. The molecule has 0 fully saturated rings. The predicted molar refractivity (Wildman–Crippen MR) is 103 cm³/mol. The summed E-state index contributed by atoms with van der Waals surface area (Å²) in [6.45, 7) is 4.72. The van der Waals surface area contributed by atoms with Gasteiger partial charge in [-0.25, -0.2) is 0 Å². The molecule has 0 atom stereocenters. The molecule has 0 bridgehead atoms. The first-order chi connectivity index (χ1) is 11.6. The van der Waals surface area contributed by atoms with Crippen LogP contribution in [-0.4, -0.2) is 24.6 Å². The summed E-state index contributed by atoms with van der Waals surface area (Å²) < 4.78 is 5.47. The predicted octanol–water partition coefficient (Wildman–Crippen LogP) is 4.27. The van der Waals surface area contributed by atoms with Crippen molar-refractivity contribution in [1.29, 1.82) is 0 Å². The highest BCUT2D eigenvalue weighted by Gasteiger charge is 2.08. The average molecular weight is 386 g/mol. The van der Waals surface area contributed by atoms with Crippen LogP contribution in [0.5, 0.6) is 5.75 Å². The minimum Gasteiger partial charge on any atom is -0.494 e. The largest absolute Gasteiger partial charge is 0.494 e. The van der Waals surface area contributed by atoms with Gasteiger partial charge >= 0.3 is 0 Å². The molecular formula is C17H21Cl2N3O3. The second-order valence-electron chi connectivity index (χ2n) is 5.11. The summed E-state index contributed by atoms with van der Waals surface area (Å²) in [6.07, 6.45) is 0. The number of hydrogen-bond donors (Lipinski definition) is 2. The van der Waals surface area contributed by atoms with E-state index in [0.717, 1.165) is 24.4 Å². The quantitative estimate of drug-likeness (QED) is 0.382. The molecule has 6 nitrogen and oxygen atoms in total. The Morgan fingerprint density at radius 1 is 1.20 bits per heavy atom. The molecule has 0 aliphatic carbocycles. The Bertz CT molecular complexity index is 699. The fourth-order valence-electron chi connectivity index (χ4n) is 2.19. The molecule has 0 aliphatic heterocycles. The van der Waals surface area contributed by atoms with E-state index in [2.05, 4.69) is 10.6 Å². The maximum Gasteiger partial charge on any atom is 0.271 e. The molecule has 2 aromatic rings. The van der Waals surface area contributed by atoms with Crippen LogP contribution in [0.1, 0.15) is 12.5 Å². The van der Waals surface area contributed by atoms with E-state index in [1.54, 1.807) is 6.07 Å². The highest BCUT2D eigenvalue weighted by atomic mass is 35.5. The summed E-state index contributed by atoms with van der Waals surface area (Å²) in [6, 6.07) is 12.3. The van der Waals surface area contributed by atoms with Gasteiger partial charge < -0.3 is 15.4 Å². The molecule has 0 saturated carbocycles. The van der Waals surface area contributed by atoms with Crippen molar-refractivity contribution >= 4 is 35.4 Å². The lowest BCUT2D eigenvalue weighted by molar-refractivity contribution is -0.384. The zero-order chi connectivity index (χ0) is 17.4. The van der Waals surface area contributed by atoms with Crippen molar-refractivity contribution in [3.63, 3.8) is 0 Å².